The van der Waals surface area contributed by atoms with E-state index < -0.39 is 12.1 Å². The normalized spacial score (nSPS) is 23.8. The van der Waals surface area contributed by atoms with Crippen LogP contribution in [-0.4, -0.2) is 35.2 Å². The first kappa shape index (κ1) is 16.2. The number of rotatable bonds is 4. The molecule has 1 aromatic rings. The van der Waals surface area contributed by atoms with Crippen molar-refractivity contribution in [2.75, 3.05) is 13.1 Å². The number of halogens is 3. The van der Waals surface area contributed by atoms with Crippen molar-refractivity contribution in [3.63, 3.8) is 0 Å². The standard InChI is InChI=1S/C15H22F3N3/c1-2-13(19)14(11-5-7-20-8-6-11)21-9-3-4-12(10-21)15(16,17)18/h5-8,12-14H,2-4,9-10,19H2,1H3. The third-order valence-corrected chi connectivity index (χ3v) is 4.23. The summed E-state index contributed by atoms with van der Waals surface area (Å²) in [6, 6.07) is 3.33. The quantitative estimate of drug-likeness (QED) is 0.929. The summed E-state index contributed by atoms with van der Waals surface area (Å²) in [6.07, 6.45) is 0.691. The average Bonchev–Trinajstić information content (AvgIpc) is 2.48. The molecule has 1 aliphatic rings. The Balaban J connectivity index is 2.21. The van der Waals surface area contributed by atoms with Crippen molar-refractivity contribution in [3.8, 4) is 0 Å². The molecule has 3 nitrogen and oxygen atoms in total. The van der Waals surface area contributed by atoms with E-state index in [-0.39, 0.29) is 25.0 Å². The van der Waals surface area contributed by atoms with Crippen LogP contribution in [0.15, 0.2) is 24.5 Å². The molecule has 0 saturated carbocycles. The lowest BCUT2D eigenvalue weighted by Crippen LogP contribution is -2.48. The zero-order valence-electron chi connectivity index (χ0n) is 12.2. The Bertz CT molecular complexity index is 436. The Hall–Kier alpha value is -1.14. The molecule has 0 aliphatic carbocycles. The van der Waals surface area contributed by atoms with Gasteiger partial charge >= 0.3 is 6.18 Å². The summed E-state index contributed by atoms with van der Waals surface area (Å²) in [5, 5.41) is 0. The van der Waals surface area contributed by atoms with E-state index in [0.29, 0.717) is 13.0 Å². The van der Waals surface area contributed by atoms with E-state index >= 15 is 0 Å². The fourth-order valence-corrected chi connectivity index (χ4v) is 3.04. The van der Waals surface area contributed by atoms with Crippen LogP contribution in [0.5, 0.6) is 0 Å². The molecular weight excluding hydrogens is 279 g/mol. The van der Waals surface area contributed by atoms with Crippen molar-refractivity contribution >= 4 is 0 Å². The highest BCUT2D eigenvalue weighted by atomic mass is 19.4. The Labute approximate surface area is 123 Å². The van der Waals surface area contributed by atoms with Gasteiger partial charge in [-0.05, 0) is 43.5 Å². The number of alkyl halides is 3. The highest BCUT2D eigenvalue weighted by Crippen LogP contribution is 2.37. The molecule has 2 heterocycles. The Morgan fingerprint density at radius 2 is 2.05 bits per heavy atom. The van der Waals surface area contributed by atoms with Crippen LogP contribution >= 0.6 is 0 Å². The third kappa shape index (κ3) is 3.95. The van der Waals surface area contributed by atoms with Crippen LogP contribution in [0.1, 0.15) is 37.8 Å². The maximum atomic E-state index is 13.0. The summed E-state index contributed by atoms with van der Waals surface area (Å²) >= 11 is 0. The minimum Gasteiger partial charge on any atom is -0.326 e. The summed E-state index contributed by atoms with van der Waals surface area (Å²) in [7, 11) is 0. The fraction of sp³-hybridized carbons (Fsp3) is 0.667. The molecule has 118 valence electrons. The lowest BCUT2D eigenvalue weighted by molar-refractivity contribution is -0.189. The van der Waals surface area contributed by atoms with Gasteiger partial charge in [0.15, 0.2) is 0 Å². The van der Waals surface area contributed by atoms with Crippen molar-refractivity contribution in [2.45, 2.75) is 44.4 Å². The first-order chi connectivity index (χ1) is 9.93. The van der Waals surface area contributed by atoms with Crippen molar-refractivity contribution in [3.05, 3.63) is 30.1 Å². The molecule has 21 heavy (non-hydrogen) atoms. The van der Waals surface area contributed by atoms with Gasteiger partial charge in [-0.2, -0.15) is 13.2 Å². The van der Waals surface area contributed by atoms with E-state index in [1.807, 2.05) is 24.0 Å². The first-order valence-electron chi connectivity index (χ1n) is 7.39. The van der Waals surface area contributed by atoms with Gasteiger partial charge in [0, 0.05) is 31.0 Å². The highest BCUT2D eigenvalue weighted by Gasteiger charge is 2.43. The summed E-state index contributed by atoms with van der Waals surface area (Å²) in [4.78, 5) is 5.87. The largest absolute Gasteiger partial charge is 0.393 e. The number of hydrogen-bond acceptors (Lipinski definition) is 3. The molecular formula is C15H22F3N3. The summed E-state index contributed by atoms with van der Waals surface area (Å²) in [5.74, 6) is -1.25. The zero-order chi connectivity index (χ0) is 15.5. The Kier molecular flexibility index (Phi) is 5.22. The van der Waals surface area contributed by atoms with Crippen LogP contribution in [0.3, 0.4) is 0 Å². The van der Waals surface area contributed by atoms with Crippen molar-refractivity contribution in [1.29, 1.82) is 0 Å². The molecule has 1 aromatic heterocycles. The second kappa shape index (κ2) is 6.75. The number of nitrogens with two attached hydrogens (primary N) is 1. The van der Waals surface area contributed by atoms with E-state index in [0.717, 1.165) is 12.0 Å². The number of nitrogens with zero attached hydrogens (tertiary/aromatic N) is 2. The Morgan fingerprint density at radius 1 is 1.38 bits per heavy atom. The van der Waals surface area contributed by atoms with Crippen LogP contribution < -0.4 is 5.73 Å². The molecule has 0 spiro atoms. The van der Waals surface area contributed by atoms with E-state index in [4.69, 9.17) is 5.73 Å². The molecule has 0 amide bonds. The number of pyridine rings is 1. The van der Waals surface area contributed by atoms with Crippen molar-refractivity contribution < 1.29 is 13.2 Å². The molecule has 6 heteroatoms. The van der Waals surface area contributed by atoms with Gasteiger partial charge in [-0.15, -0.1) is 0 Å². The molecule has 1 aliphatic heterocycles. The highest BCUT2D eigenvalue weighted by molar-refractivity contribution is 5.17. The van der Waals surface area contributed by atoms with Gasteiger partial charge in [-0.3, -0.25) is 9.88 Å². The van der Waals surface area contributed by atoms with Gasteiger partial charge in [0.2, 0.25) is 0 Å². The predicted octanol–water partition coefficient (Wildman–Crippen LogP) is 3.13. The second-order valence-electron chi connectivity index (χ2n) is 5.67. The molecule has 2 rings (SSSR count). The second-order valence-corrected chi connectivity index (χ2v) is 5.67. The summed E-state index contributed by atoms with van der Waals surface area (Å²) < 4.78 is 39.0. The lowest BCUT2D eigenvalue weighted by atomic mass is 9.91. The zero-order valence-corrected chi connectivity index (χ0v) is 12.2. The molecule has 0 radical (unpaired) electrons. The maximum Gasteiger partial charge on any atom is 0.393 e. The number of piperidine rings is 1. The van der Waals surface area contributed by atoms with Crippen LogP contribution in [0, 0.1) is 5.92 Å². The number of likely N-dealkylation sites (tertiary alicyclic amines) is 1. The van der Waals surface area contributed by atoms with Crippen LogP contribution in [0.4, 0.5) is 13.2 Å². The van der Waals surface area contributed by atoms with E-state index in [1.165, 1.54) is 0 Å². The molecule has 3 unspecified atom stereocenters. The van der Waals surface area contributed by atoms with Gasteiger partial charge in [0.05, 0.1) is 5.92 Å². The van der Waals surface area contributed by atoms with Gasteiger partial charge in [0.25, 0.3) is 0 Å². The monoisotopic (exact) mass is 301 g/mol. The van der Waals surface area contributed by atoms with Crippen molar-refractivity contribution in [1.82, 2.24) is 9.88 Å². The van der Waals surface area contributed by atoms with Crippen LogP contribution in [0.25, 0.3) is 0 Å². The van der Waals surface area contributed by atoms with E-state index in [9.17, 15) is 13.2 Å². The number of aromatic nitrogens is 1. The molecule has 0 bridgehead atoms. The maximum absolute atomic E-state index is 13.0. The summed E-state index contributed by atoms with van der Waals surface area (Å²) in [6.45, 7) is 2.65. The molecule has 1 fully saturated rings. The van der Waals surface area contributed by atoms with Gasteiger partial charge in [0.1, 0.15) is 0 Å². The minimum absolute atomic E-state index is 0.0319. The SMILES string of the molecule is CCC(N)C(c1ccncc1)N1CCCC(C(F)(F)F)C1. The van der Waals surface area contributed by atoms with Gasteiger partial charge in [-0.25, -0.2) is 0 Å². The number of hydrogen-bond donors (Lipinski definition) is 1. The summed E-state index contributed by atoms with van der Waals surface area (Å²) in [5.41, 5.74) is 7.14. The van der Waals surface area contributed by atoms with Crippen molar-refractivity contribution in [2.24, 2.45) is 11.7 Å². The van der Waals surface area contributed by atoms with Gasteiger partial charge in [-0.1, -0.05) is 6.92 Å². The molecule has 1 saturated heterocycles. The fourth-order valence-electron chi connectivity index (χ4n) is 3.04. The van der Waals surface area contributed by atoms with Gasteiger partial charge < -0.3 is 5.73 Å². The predicted molar refractivity (Wildman–Crippen MR) is 75.6 cm³/mol. The van der Waals surface area contributed by atoms with Crippen LogP contribution in [0.2, 0.25) is 0 Å². The first-order valence-corrected chi connectivity index (χ1v) is 7.39. The molecule has 3 atom stereocenters. The van der Waals surface area contributed by atoms with E-state index in [2.05, 4.69) is 4.98 Å². The molecule has 2 N–H and O–H groups in total. The lowest BCUT2D eigenvalue weighted by Gasteiger charge is -2.41. The minimum atomic E-state index is -4.13. The topological polar surface area (TPSA) is 42.1 Å². The van der Waals surface area contributed by atoms with Crippen LogP contribution in [-0.2, 0) is 0 Å². The average molecular weight is 301 g/mol. The van der Waals surface area contributed by atoms with E-state index in [1.54, 1.807) is 12.4 Å². The third-order valence-electron chi connectivity index (χ3n) is 4.23. The molecule has 0 aromatic carbocycles. The Morgan fingerprint density at radius 3 is 2.62 bits per heavy atom. The smallest absolute Gasteiger partial charge is 0.326 e.